The van der Waals surface area contributed by atoms with Gasteiger partial charge in [0.25, 0.3) is 0 Å². The van der Waals surface area contributed by atoms with Gasteiger partial charge in [0.1, 0.15) is 17.4 Å². The quantitative estimate of drug-likeness (QED) is 0.783. The third kappa shape index (κ3) is 3.62. The predicted molar refractivity (Wildman–Crippen MR) is 63.9 cm³/mol. The maximum absolute atomic E-state index is 11.9. The number of aliphatic carboxylic acids is 1. The van der Waals surface area contributed by atoms with Crippen LogP contribution in [0.15, 0.2) is 6.33 Å². The molecular formula is C10H17N3O3S. The van der Waals surface area contributed by atoms with Crippen molar-refractivity contribution in [1.29, 1.82) is 0 Å². The monoisotopic (exact) mass is 259 g/mol. The molecule has 0 aliphatic rings. The topological polar surface area (TPSA) is 85.1 Å². The third-order valence-electron chi connectivity index (χ3n) is 2.37. The van der Waals surface area contributed by atoms with Crippen molar-refractivity contribution in [2.45, 2.75) is 44.2 Å². The number of hydrogen-bond donors (Lipinski definition) is 1. The molecule has 0 bridgehead atoms. The molecule has 0 radical (unpaired) electrons. The molecule has 2 atom stereocenters. The van der Waals surface area contributed by atoms with Crippen LogP contribution >= 0.6 is 0 Å². The molecule has 17 heavy (non-hydrogen) atoms. The lowest BCUT2D eigenvalue weighted by molar-refractivity contribution is -0.136. The first-order valence-electron chi connectivity index (χ1n) is 5.56. The van der Waals surface area contributed by atoms with Crippen LogP contribution in [0.25, 0.3) is 0 Å². The van der Waals surface area contributed by atoms with Crippen molar-refractivity contribution in [3.05, 3.63) is 12.2 Å². The molecule has 1 aromatic heterocycles. The van der Waals surface area contributed by atoms with Crippen molar-refractivity contribution in [3.63, 3.8) is 0 Å². The SMILES string of the molecule is CCCn1ncnc1CS(=O)C(CC)C(=O)O. The molecule has 0 amide bonds. The van der Waals surface area contributed by atoms with Crippen molar-refractivity contribution < 1.29 is 14.1 Å². The second kappa shape index (κ2) is 6.48. The molecule has 0 saturated carbocycles. The number of carbonyl (C=O) groups is 1. The van der Waals surface area contributed by atoms with Crippen LogP contribution in [0.5, 0.6) is 0 Å². The van der Waals surface area contributed by atoms with E-state index in [0.717, 1.165) is 6.42 Å². The van der Waals surface area contributed by atoms with Crippen LogP contribution in [0.3, 0.4) is 0 Å². The highest BCUT2D eigenvalue weighted by Crippen LogP contribution is 2.08. The first-order valence-corrected chi connectivity index (χ1v) is 6.95. The van der Waals surface area contributed by atoms with Gasteiger partial charge in [0.15, 0.2) is 0 Å². The smallest absolute Gasteiger partial charge is 0.319 e. The second-order valence-electron chi connectivity index (χ2n) is 3.66. The average molecular weight is 259 g/mol. The van der Waals surface area contributed by atoms with Crippen molar-refractivity contribution in [2.75, 3.05) is 0 Å². The van der Waals surface area contributed by atoms with Gasteiger partial charge in [0, 0.05) is 17.3 Å². The largest absolute Gasteiger partial charge is 0.480 e. The van der Waals surface area contributed by atoms with E-state index in [1.165, 1.54) is 6.33 Å². The Labute approximate surface area is 103 Å². The molecule has 0 fully saturated rings. The highest BCUT2D eigenvalue weighted by molar-refractivity contribution is 7.85. The van der Waals surface area contributed by atoms with Gasteiger partial charge >= 0.3 is 5.97 Å². The van der Waals surface area contributed by atoms with Crippen molar-refractivity contribution in [3.8, 4) is 0 Å². The fraction of sp³-hybridized carbons (Fsp3) is 0.700. The van der Waals surface area contributed by atoms with Crippen LogP contribution in [0.4, 0.5) is 0 Å². The zero-order valence-electron chi connectivity index (χ0n) is 10.00. The van der Waals surface area contributed by atoms with Crippen molar-refractivity contribution in [1.82, 2.24) is 14.8 Å². The molecule has 7 heteroatoms. The number of carboxylic acids is 1. The summed E-state index contributed by atoms with van der Waals surface area (Å²) in [5.74, 6) is -0.289. The Morgan fingerprint density at radius 2 is 2.29 bits per heavy atom. The van der Waals surface area contributed by atoms with Crippen LogP contribution in [-0.2, 0) is 27.9 Å². The molecule has 96 valence electrons. The number of hydrogen-bond acceptors (Lipinski definition) is 4. The minimum absolute atomic E-state index is 0.144. The maximum Gasteiger partial charge on any atom is 0.319 e. The summed E-state index contributed by atoms with van der Waals surface area (Å²) in [6.45, 7) is 4.43. The summed E-state index contributed by atoms with van der Waals surface area (Å²) >= 11 is 0. The van der Waals surface area contributed by atoms with E-state index >= 15 is 0 Å². The number of aromatic nitrogens is 3. The summed E-state index contributed by atoms with van der Waals surface area (Å²) in [6, 6.07) is 0. The molecule has 1 rings (SSSR count). The van der Waals surface area contributed by atoms with E-state index < -0.39 is 22.0 Å². The van der Waals surface area contributed by atoms with Gasteiger partial charge < -0.3 is 5.11 Å². The van der Waals surface area contributed by atoms with E-state index in [9.17, 15) is 9.00 Å². The molecule has 0 spiro atoms. The van der Waals surface area contributed by atoms with E-state index in [1.807, 2.05) is 6.92 Å². The lowest BCUT2D eigenvalue weighted by Gasteiger charge is -2.09. The summed E-state index contributed by atoms with van der Waals surface area (Å²) in [5.41, 5.74) is 0. The number of rotatable bonds is 7. The fourth-order valence-corrected chi connectivity index (χ4v) is 2.78. The predicted octanol–water partition coefficient (Wildman–Crippen LogP) is 0.800. The van der Waals surface area contributed by atoms with Gasteiger partial charge in [0.05, 0.1) is 5.75 Å². The second-order valence-corrected chi connectivity index (χ2v) is 5.28. The Morgan fingerprint density at radius 1 is 1.59 bits per heavy atom. The van der Waals surface area contributed by atoms with Gasteiger partial charge in [-0.15, -0.1) is 0 Å². The molecule has 0 aliphatic carbocycles. The van der Waals surface area contributed by atoms with Crippen LogP contribution in [0.1, 0.15) is 32.5 Å². The Hall–Kier alpha value is -1.24. The van der Waals surface area contributed by atoms with Gasteiger partial charge in [-0.1, -0.05) is 13.8 Å². The van der Waals surface area contributed by atoms with Crippen molar-refractivity contribution in [2.24, 2.45) is 0 Å². The average Bonchev–Trinajstić information content (AvgIpc) is 2.66. The Bertz CT molecular complexity index is 405. The normalized spacial score (nSPS) is 14.5. The van der Waals surface area contributed by atoms with Gasteiger partial charge in [-0.3, -0.25) is 9.00 Å². The first kappa shape index (κ1) is 13.8. The van der Waals surface area contributed by atoms with Crippen LogP contribution in [0.2, 0.25) is 0 Å². The maximum atomic E-state index is 11.9. The van der Waals surface area contributed by atoms with Gasteiger partial charge in [-0.25, -0.2) is 9.67 Å². The Kier molecular flexibility index (Phi) is 5.27. The zero-order valence-corrected chi connectivity index (χ0v) is 10.8. The van der Waals surface area contributed by atoms with Gasteiger partial charge in [-0.05, 0) is 12.8 Å². The molecule has 1 N–H and O–H groups in total. The number of carboxylic acid groups (broad SMARTS) is 1. The molecule has 1 aromatic rings. The summed E-state index contributed by atoms with van der Waals surface area (Å²) in [6.07, 6.45) is 2.66. The zero-order chi connectivity index (χ0) is 12.8. The number of nitrogens with zero attached hydrogens (tertiary/aromatic N) is 3. The number of aryl methyl sites for hydroxylation is 1. The van der Waals surface area contributed by atoms with E-state index in [4.69, 9.17) is 5.11 Å². The fourth-order valence-electron chi connectivity index (χ4n) is 1.50. The molecule has 0 aromatic carbocycles. The summed E-state index contributed by atoms with van der Waals surface area (Å²) in [4.78, 5) is 14.9. The third-order valence-corrected chi connectivity index (χ3v) is 4.08. The van der Waals surface area contributed by atoms with Crippen molar-refractivity contribution >= 4 is 16.8 Å². The highest BCUT2D eigenvalue weighted by Gasteiger charge is 2.24. The Balaban J connectivity index is 2.73. The molecular weight excluding hydrogens is 242 g/mol. The van der Waals surface area contributed by atoms with E-state index in [-0.39, 0.29) is 5.75 Å². The summed E-state index contributed by atoms with van der Waals surface area (Å²) in [5, 5.41) is 12.1. The van der Waals surface area contributed by atoms with Crippen LogP contribution in [0, 0.1) is 0 Å². The van der Waals surface area contributed by atoms with Crippen LogP contribution in [-0.4, -0.2) is 35.3 Å². The lowest BCUT2D eigenvalue weighted by Crippen LogP contribution is -2.26. The summed E-state index contributed by atoms with van der Waals surface area (Å²) < 4.78 is 13.6. The van der Waals surface area contributed by atoms with Gasteiger partial charge in [0.2, 0.25) is 0 Å². The van der Waals surface area contributed by atoms with E-state index in [2.05, 4.69) is 10.1 Å². The molecule has 0 aliphatic heterocycles. The lowest BCUT2D eigenvalue weighted by atomic mass is 10.3. The van der Waals surface area contributed by atoms with Crippen LogP contribution < -0.4 is 0 Å². The molecule has 1 heterocycles. The molecule has 0 saturated heterocycles. The first-order chi connectivity index (χ1) is 8.10. The summed E-state index contributed by atoms with van der Waals surface area (Å²) in [7, 11) is -1.45. The van der Waals surface area contributed by atoms with Gasteiger partial charge in [-0.2, -0.15) is 5.10 Å². The molecule has 2 unspecified atom stereocenters. The van der Waals surface area contributed by atoms with E-state index in [1.54, 1.807) is 11.6 Å². The Morgan fingerprint density at radius 3 is 2.82 bits per heavy atom. The standard InChI is InChI=1S/C10H17N3O3S/c1-3-5-13-9(11-7-12-13)6-17(16)8(4-2)10(14)15/h7-8H,3-6H2,1-2H3,(H,14,15). The highest BCUT2D eigenvalue weighted by atomic mass is 32.2. The minimum Gasteiger partial charge on any atom is -0.480 e. The molecule has 6 nitrogen and oxygen atoms in total. The van der Waals surface area contributed by atoms with E-state index in [0.29, 0.717) is 18.8 Å². The minimum atomic E-state index is -1.45.